The van der Waals surface area contributed by atoms with Crippen molar-refractivity contribution in [3.63, 3.8) is 0 Å². The fraction of sp³-hybridized carbons (Fsp3) is 0.118. The molecule has 2 amide bonds. The van der Waals surface area contributed by atoms with Gasteiger partial charge in [-0.15, -0.1) is 10.1 Å². The van der Waals surface area contributed by atoms with Crippen molar-refractivity contribution in [2.45, 2.75) is 13.0 Å². The van der Waals surface area contributed by atoms with Crippen molar-refractivity contribution < 1.29 is 19.5 Å². The molecule has 0 saturated carbocycles. The molecule has 0 radical (unpaired) electrons. The molecule has 0 aliphatic rings. The molecule has 0 fully saturated rings. The zero-order valence-corrected chi connectivity index (χ0v) is 15.7. The molecule has 2 aromatic rings. The van der Waals surface area contributed by atoms with Crippen molar-refractivity contribution in [2.24, 2.45) is 0 Å². The minimum absolute atomic E-state index is 0.165. The summed E-state index contributed by atoms with van der Waals surface area (Å²) in [6, 6.07) is 10.6. The molecular formula is C17H14Cl2N4O5. The van der Waals surface area contributed by atoms with E-state index in [1.807, 2.05) is 0 Å². The van der Waals surface area contributed by atoms with Crippen LogP contribution in [-0.2, 0) is 22.7 Å². The van der Waals surface area contributed by atoms with Gasteiger partial charge in [-0.25, -0.2) is 0 Å². The SMILES string of the molecule is N=C(NC(=O)Cc1c(Cl)cccc1Cl)NC(=O)c1ccc(CO[N+](=O)[O-])cc1. The van der Waals surface area contributed by atoms with Gasteiger partial charge in [-0.2, -0.15) is 0 Å². The Hall–Kier alpha value is -3.17. The van der Waals surface area contributed by atoms with Gasteiger partial charge < -0.3 is 4.84 Å². The zero-order chi connectivity index (χ0) is 20.7. The molecule has 0 atom stereocenters. The molecule has 28 heavy (non-hydrogen) atoms. The van der Waals surface area contributed by atoms with E-state index >= 15 is 0 Å². The van der Waals surface area contributed by atoms with E-state index in [4.69, 9.17) is 28.6 Å². The molecule has 3 N–H and O–H groups in total. The predicted molar refractivity (Wildman–Crippen MR) is 102 cm³/mol. The number of halogens is 2. The van der Waals surface area contributed by atoms with Gasteiger partial charge in [-0.1, -0.05) is 41.4 Å². The third-order valence-corrected chi connectivity index (χ3v) is 4.16. The first-order chi connectivity index (χ1) is 13.3. The Bertz CT molecular complexity index is 898. The quantitative estimate of drug-likeness (QED) is 0.283. The number of carbonyl (C=O) groups excluding carboxylic acids is 2. The van der Waals surface area contributed by atoms with Gasteiger partial charge in [-0.05, 0) is 35.4 Å². The van der Waals surface area contributed by atoms with Crippen molar-refractivity contribution in [3.8, 4) is 0 Å². The summed E-state index contributed by atoms with van der Waals surface area (Å²) in [7, 11) is 0. The fourth-order valence-corrected chi connectivity index (χ4v) is 2.67. The Morgan fingerprint density at radius 2 is 1.68 bits per heavy atom. The topological polar surface area (TPSA) is 134 Å². The van der Waals surface area contributed by atoms with E-state index < -0.39 is 22.9 Å². The van der Waals surface area contributed by atoms with Crippen LogP contribution in [0.3, 0.4) is 0 Å². The highest BCUT2D eigenvalue weighted by Crippen LogP contribution is 2.24. The van der Waals surface area contributed by atoms with Gasteiger partial charge in [0.25, 0.3) is 11.0 Å². The van der Waals surface area contributed by atoms with E-state index in [1.165, 1.54) is 24.3 Å². The van der Waals surface area contributed by atoms with E-state index in [0.29, 0.717) is 21.2 Å². The zero-order valence-electron chi connectivity index (χ0n) is 14.2. The van der Waals surface area contributed by atoms with Crippen LogP contribution < -0.4 is 10.6 Å². The highest BCUT2D eigenvalue weighted by atomic mass is 35.5. The van der Waals surface area contributed by atoms with Crippen LogP contribution in [0.2, 0.25) is 10.0 Å². The predicted octanol–water partition coefficient (Wildman–Crippen LogP) is 2.73. The monoisotopic (exact) mass is 424 g/mol. The largest absolute Gasteiger partial charge is 0.309 e. The third kappa shape index (κ3) is 6.22. The molecule has 146 valence electrons. The highest BCUT2D eigenvalue weighted by molar-refractivity contribution is 6.36. The molecule has 0 aliphatic carbocycles. The number of guanidine groups is 1. The summed E-state index contributed by atoms with van der Waals surface area (Å²) < 4.78 is 0. The van der Waals surface area contributed by atoms with Crippen LogP contribution >= 0.6 is 23.2 Å². The normalized spacial score (nSPS) is 10.1. The van der Waals surface area contributed by atoms with Crippen LogP contribution in [0.5, 0.6) is 0 Å². The van der Waals surface area contributed by atoms with Crippen LogP contribution in [-0.4, -0.2) is 22.9 Å². The average molecular weight is 425 g/mol. The van der Waals surface area contributed by atoms with Crippen molar-refractivity contribution in [1.29, 1.82) is 5.41 Å². The first-order valence-electron chi connectivity index (χ1n) is 7.75. The van der Waals surface area contributed by atoms with Crippen LogP contribution in [0, 0.1) is 15.5 Å². The Morgan fingerprint density at radius 3 is 2.25 bits per heavy atom. The van der Waals surface area contributed by atoms with E-state index in [9.17, 15) is 19.7 Å². The Morgan fingerprint density at radius 1 is 1.07 bits per heavy atom. The van der Waals surface area contributed by atoms with Gasteiger partial charge in [0.05, 0.1) is 6.42 Å². The van der Waals surface area contributed by atoms with Crippen LogP contribution in [0.1, 0.15) is 21.5 Å². The van der Waals surface area contributed by atoms with Gasteiger partial charge in [-0.3, -0.25) is 25.6 Å². The Kier molecular flexibility index (Phi) is 7.30. The number of hydrogen-bond acceptors (Lipinski definition) is 6. The molecule has 0 bridgehead atoms. The second kappa shape index (κ2) is 9.67. The first-order valence-corrected chi connectivity index (χ1v) is 8.50. The van der Waals surface area contributed by atoms with Crippen molar-refractivity contribution in [2.75, 3.05) is 0 Å². The van der Waals surface area contributed by atoms with Gasteiger partial charge in [0.15, 0.2) is 0 Å². The Labute approximate surface area is 169 Å². The van der Waals surface area contributed by atoms with Gasteiger partial charge in [0.1, 0.15) is 6.61 Å². The smallest absolute Gasteiger partial charge is 0.294 e. The second-order valence-electron chi connectivity index (χ2n) is 5.45. The van der Waals surface area contributed by atoms with E-state index in [0.717, 1.165) is 0 Å². The third-order valence-electron chi connectivity index (χ3n) is 3.45. The van der Waals surface area contributed by atoms with Gasteiger partial charge in [0.2, 0.25) is 11.9 Å². The summed E-state index contributed by atoms with van der Waals surface area (Å²) in [6.07, 6.45) is -0.165. The summed E-state index contributed by atoms with van der Waals surface area (Å²) in [5.74, 6) is -1.73. The molecule has 11 heteroatoms. The summed E-state index contributed by atoms with van der Waals surface area (Å²) in [5, 5.41) is 22.0. The molecule has 0 saturated heterocycles. The number of carbonyl (C=O) groups is 2. The molecule has 0 heterocycles. The van der Waals surface area contributed by atoms with Crippen LogP contribution in [0.25, 0.3) is 0 Å². The second-order valence-corrected chi connectivity index (χ2v) is 6.26. The fourth-order valence-electron chi connectivity index (χ4n) is 2.14. The summed E-state index contributed by atoms with van der Waals surface area (Å²) in [5.41, 5.74) is 1.10. The molecule has 2 aromatic carbocycles. The molecule has 9 nitrogen and oxygen atoms in total. The van der Waals surface area contributed by atoms with Crippen molar-refractivity contribution in [3.05, 3.63) is 79.3 Å². The Balaban J connectivity index is 1.89. The van der Waals surface area contributed by atoms with Gasteiger partial charge in [0, 0.05) is 15.6 Å². The number of rotatable bonds is 6. The number of nitrogens with zero attached hydrogens (tertiary/aromatic N) is 1. The number of nitrogens with one attached hydrogen (secondary N) is 3. The maximum Gasteiger partial charge on any atom is 0.294 e. The lowest BCUT2D eigenvalue weighted by molar-refractivity contribution is -0.763. The highest BCUT2D eigenvalue weighted by Gasteiger charge is 2.14. The van der Waals surface area contributed by atoms with Crippen LogP contribution in [0.4, 0.5) is 0 Å². The summed E-state index contributed by atoms with van der Waals surface area (Å²) in [6.45, 7) is -0.245. The molecule has 0 aliphatic heterocycles. The molecule has 0 aromatic heterocycles. The lowest BCUT2D eigenvalue weighted by Gasteiger charge is -2.10. The van der Waals surface area contributed by atoms with Crippen LogP contribution in [0.15, 0.2) is 42.5 Å². The first kappa shape index (κ1) is 21.1. The summed E-state index contributed by atoms with van der Waals surface area (Å²) in [4.78, 5) is 38.5. The number of hydrogen-bond donors (Lipinski definition) is 3. The lowest BCUT2D eigenvalue weighted by atomic mass is 10.1. The lowest BCUT2D eigenvalue weighted by Crippen LogP contribution is -2.43. The van der Waals surface area contributed by atoms with E-state index in [-0.39, 0.29) is 18.6 Å². The minimum atomic E-state index is -0.916. The molecule has 0 spiro atoms. The van der Waals surface area contributed by atoms with E-state index in [2.05, 4.69) is 15.5 Å². The number of benzene rings is 2. The standard InChI is InChI=1S/C17H14Cl2N4O5/c18-13-2-1-3-14(19)12(13)8-15(24)21-17(20)22-16(25)11-6-4-10(5-7-11)9-28-23(26)27/h1-7H,8-9H2,(H3,20,21,22,24,25). The van der Waals surface area contributed by atoms with E-state index in [1.54, 1.807) is 18.2 Å². The summed E-state index contributed by atoms with van der Waals surface area (Å²) >= 11 is 12.0. The average Bonchev–Trinajstić information content (AvgIpc) is 2.63. The molecule has 0 unspecified atom stereocenters. The minimum Gasteiger partial charge on any atom is -0.309 e. The molecular weight excluding hydrogens is 411 g/mol. The maximum atomic E-state index is 12.1. The molecule has 2 rings (SSSR count). The number of amides is 2. The van der Waals surface area contributed by atoms with Gasteiger partial charge >= 0.3 is 0 Å². The maximum absolute atomic E-state index is 12.1. The van der Waals surface area contributed by atoms with Crippen molar-refractivity contribution in [1.82, 2.24) is 10.6 Å². The van der Waals surface area contributed by atoms with Crippen molar-refractivity contribution >= 4 is 41.0 Å².